The van der Waals surface area contributed by atoms with Gasteiger partial charge in [-0.25, -0.2) is 0 Å². The number of hydrogen-bond acceptors (Lipinski definition) is 2. The molecule has 2 aliphatic rings. The average Bonchev–Trinajstić information content (AvgIpc) is 2.42. The van der Waals surface area contributed by atoms with E-state index >= 15 is 0 Å². The Hall–Kier alpha value is -0.860. The Bertz CT molecular complexity index is 400. The summed E-state index contributed by atoms with van der Waals surface area (Å²) >= 11 is 0. The third-order valence-corrected chi connectivity index (χ3v) is 4.75. The summed E-state index contributed by atoms with van der Waals surface area (Å²) in [6.07, 6.45) is 6.08. The Balaban J connectivity index is 1.63. The second kappa shape index (κ2) is 5.64. The zero-order valence-corrected chi connectivity index (χ0v) is 12.0. The molecule has 1 unspecified atom stereocenters. The Labute approximate surface area is 116 Å². The van der Waals surface area contributed by atoms with Crippen molar-refractivity contribution >= 4 is 0 Å². The van der Waals surface area contributed by atoms with Gasteiger partial charge in [0.05, 0.1) is 5.60 Å². The number of aryl methyl sites for hydroxylation is 1. The second-order valence-corrected chi connectivity index (χ2v) is 6.33. The lowest BCUT2D eigenvalue weighted by Gasteiger charge is -2.43. The van der Waals surface area contributed by atoms with E-state index in [4.69, 9.17) is 4.74 Å². The first-order valence-electron chi connectivity index (χ1n) is 7.66. The van der Waals surface area contributed by atoms with Gasteiger partial charge in [-0.15, -0.1) is 0 Å². The number of hydrogen-bond donors (Lipinski definition) is 1. The molecule has 104 valence electrons. The van der Waals surface area contributed by atoms with E-state index in [-0.39, 0.29) is 5.60 Å². The molecule has 2 fully saturated rings. The zero-order chi connectivity index (χ0) is 13.1. The molecule has 0 aromatic heterocycles. The average molecular weight is 259 g/mol. The van der Waals surface area contributed by atoms with Crippen molar-refractivity contribution in [1.29, 1.82) is 0 Å². The fourth-order valence-electron chi connectivity index (χ4n) is 3.59. The second-order valence-electron chi connectivity index (χ2n) is 6.33. The molecule has 0 bridgehead atoms. The predicted octanol–water partition coefficient (Wildman–Crippen LogP) is 3.09. The molecule has 19 heavy (non-hydrogen) atoms. The molecule has 2 saturated heterocycles. The van der Waals surface area contributed by atoms with Crippen LogP contribution in [0.25, 0.3) is 0 Å². The maximum Gasteiger partial charge on any atom is 0.0709 e. The lowest BCUT2D eigenvalue weighted by Crippen LogP contribution is -2.48. The molecule has 1 aromatic carbocycles. The summed E-state index contributed by atoms with van der Waals surface area (Å²) in [4.78, 5) is 0. The Morgan fingerprint density at radius 3 is 2.68 bits per heavy atom. The van der Waals surface area contributed by atoms with Crippen molar-refractivity contribution in [3.63, 3.8) is 0 Å². The predicted molar refractivity (Wildman–Crippen MR) is 78.4 cm³/mol. The van der Waals surface area contributed by atoms with Crippen LogP contribution < -0.4 is 5.32 Å². The van der Waals surface area contributed by atoms with E-state index < -0.39 is 0 Å². The van der Waals surface area contributed by atoms with Crippen molar-refractivity contribution in [2.75, 3.05) is 19.7 Å². The highest BCUT2D eigenvalue weighted by molar-refractivity contribution is 5.21. The molecule has 3 rings (SSSR count). The van der Waals surface area contributed by atoms with Gasteiger partial charge in [0.2, 0.25) is 0 Å². The van der Waals surface area contributed by atoms with Crippen LogP contribution >= 0.6 is 0 Å². The summed E-state index contributed by atoms with van der Waals surface area (Å²) in [5, 5.41) is 3.45. The van der Waals surface area contributed by atoms with Crippen LogP contribution in [0.5, 0.6) is 0 Å². The first-order chi connectivity index (χ1) is 9.26. The van der Waals surface area contributed by atoms with Gasteiger partial charge in [-0.3, -0.25) is 0 Å². The Morgan fingerprint density at radius 2 is 1.95 bits per heavy atom. The van der Waals surface area contributed by atoms with Crippen molar-refractivity contribution in [2.24, 2.45) is 5.92 Å². The largest absolute Gasteiger partial charge is 0.375 e. The van der Waals surface area contributed by atoms with Crippen LogP contribution in [0, 0.1) is 12.8 Å². The highest BCUT2D eigenvalue weighted by Crippen LogP contribution is 2.37. The number of ether oxygens (including phenoxy) is 1. The minimum Gasteiger partial charge on any atom is -0.375 e. The smallest absolute Gasteiger partial charge is 0.0709 e. The summed E-state index contributed by atoms with van der Waals surface area (Å²) in [5.41, 5.74) is 3.03. The van der Waals surface area contributed by atoms with Crippen LogP contribution in [0.15, 0.2) is 24.3 Å². The molecule has 2 nitrogen and oxygen atoms in total. The lowest BCUT2D eigenvalue weighted by atomic mass is 9.78. The highest BCUT2D eigenvalue weighted by Gasteiger charge is 2.38. The molecule has 1 atom stereocenters. The Kier molecular flexibility index (Phi) is 3.90. The number of benzene rings is 1. The Morgan fingerprint density at radius 1 is 1.21 bits per heavy atom. The first-order valence-corrected chi connectivity index (χ1v) is 7.66. The number of piperidine rings is 1. The summed E-state index contributed by atoms with van der Waals surface area (Å²) in [7, 11) is 0. The van der Waals surface area contributed by atoms with Crippen LogP contribution in [-0.2, 0) is 11.2 Å². The normalized spacial score (nSPS) is 26.5. The van der Waals surface area contributed by atoms with E-state index in [9.17, 15) is 0 Å². The van der Waals surface area contributed by atoms with E-state index in [0.29, 0.717) is 0 Å². The van der Waals surface area contributed by atoms with Gasteiger partial charge in [0.25, 0.3) is 0 Å². The maximum atomic E-state index is 6.15. The quantitative estimate of drug-likeness (QED) is 0.881. The van der Waals surface area contributed by atoms with Crippen LogP contribution in [-0.4, -0.2) is 25.3 Å². The fourth-order valence-corrected chi connectivity index (χ4v) is 3.59. The molecule has 0 radical (unpaired) electrons. The van der Waals surface area contributed by atoms with Gasteiger partial charge in [0.15, 0.2) is 0 Å². The van der Waals surface area contributed by atoms with Gasteiger partial charge < -0.3 is 10.1 Å². The third kappa shape index (κ3) is 3.18. The maximum absolute atomic E-state index is 6.15. The summed E-state index contributed by atoms with van der Waals surface area (Å²) < 4.78 is 6.15. The van der Waals surface area contributed by atoms with Gasteiger partial charge in [-0.2, -0.15) is 0 Å². The molecule has 0 amide bonds. The van der Waals surface area contributed by atoms with Crippen LogP contribution in [0.3, 0.4) is 0 Å². The van der Waals surface area contributed by atoms with E-state index in [1.165, 1.54) is 43.2 Å². The minimum absolute atomic E-state index is 0.193. The molecule has 2 aliphatic heterocycles. The van der Waals surface area contributed by atoms with Gasteiger partial charge in [-0.1, -0.05) is 29.8 Å². The standard InChI is InChI=1S/C17H25NO/c1-14-2-4-15(5-3-14)12-16-6-11-19-17(13-16)7-9-18-10-8-17/h2-5,16,18H,6-13H2,1H3. The van der Waals surface area contributed by atoms with Crippen molar-refractivity contribution in [3.8, 4) is 0 Å². The monoisotopic (exact) mass is 259 g/mol. The minimum atomic E-state index is 0.193. The van der Waals surface area contributed by atoms with E-state index in [1.807, 2.05) is 0 Å². The third-order valence-electron chi connectivity index (χ3n) is 4.75. The molecule has 1 N–H and O–H groups in total. The van der Waals surface area contributed by atoms with Crippen molar-refractivity contribution in [1.82, 2.24) is 5.32 Å². The summed E-state index contributed by atoms with van der Waals surface area (Å²) in [6, 6.07) is 9.05. The molecule has 1 aromatic rings. The number of nitrogens with one attached hydrogen (secondary N) is 1. The molecule has 2 heteroatoms. The molecule has 0 saturated carbocycles. The van der Waals surface area contributed by atoms with Crippen molar-refractivity contribution < 1.29 is 4.74 Å². The fraction of sp³-hybridized carbons (Fsp3) is 0.647. The first kappa shape index (κ1) is 13.1. The van der Waals surface area contributed by atoms with Gasteiger partial charge >= 0.3 is 0 Å². The molecular weight excluding hydrogens is 234 g/mol. The van der Waals surface area contributed by atoms with Crippen LogP contribution in [0.4, 0.5) is 0 Å². The van der Waals surface area contributed by atoms with Gasteiger partial charge in [0, 0.05) is 6.61 Å². The van der Waals surface area contributed by atoms with Gasteiger partial charge in [-0.05, 0) is 63.6 Å². The number of rotatable bonds is 2. The molecule has 1 spiro atoms. The van der Waals surface area contributed by atoms with E-state index in [1.54, 1.807) is 0 Å². The van der Waals surface area contributed by atoms with Crippen molar-refractivity contribution in [3.05, 3.63) is 35.4 Å². The summed E-state index contributed by atoms with van der Waals surface area (Å²) in [6.45, 7) is 5.35. The SMILES string of the molecule is Cc1ccc(CC2CCOC3(CCNCC3)C2)cc1. The van der Waals surface area contributed by atoms with Crippen LogP contribution in [0.1, 0.15) is 36.8 Å². The van der Waals surface area contributed by atoms with Gasteiger partial charge in [0.1, 0.15) is 0 Å². The zero-order valence-electron chi connectivity index (χ0n) is 12.0. The van der Waals surface area contributed by atoms with Crippen molar-refractivity contribution in [2.45, 2.75) is 44.6 Å². The van der Waals surface area contributed by atoms with E-state index in [2.05, 4.69) is 36.5 Å². The molecule has 0 aliphatic carbocycles. The van der Waals surface area contributed by atoms with E-state index in [0.717, 1.165) is 25.6 Å². The molecular formula is C17H25NO. The highest BCUT2D eigenvalue weighted by atomic mass is 16.5. The van der Waals surface area contributed by atoms with Crippen LogP contribution in [0.2, 0.25) is 0 Å². The lowest BCUT2D eigenvalue weighted by molar-refractivity contribution is -0.113. The summed E-state index contributed by atoms with van der Waals surface area (Å²) in [5.74, 6) is 0.801. The topological polar surface area (TPSA) is 21.3 Å². The molecule has 2 heterocycles.